The quantitative estimate of drug-likeness (QED) is 0.685. The number of imidazole rings is 2. The molecular formula is C15H13N5O2S. The van der Waals surface area contributed by atoms with Gasteiger partial charge in [0.2, 0.25) is 0 Å². The van der Waals surface area contributed by atoms with E-state index in [1.165, 1.54) is 6.20 Å². The fourth-order valence-electron chi connectivity index (χ4n) is 2.50. The molecule has 0 spiro atoms. The predicted octanol–water partition coefficient (Wildman–Crippen LogP) is 1.92. The second-order valence-electron chi connectivity index (χ2n) is 5.11. The smallest absolute Gasteiger partial charge is 0.323 e. The highest BCUT2D eigenvalue weighted by Crippen LogP contribution is 2.32. The average molecular weight is 327 g/mol. The summed E-state index contributed by atoms with van der Waals surface area (Å²) >= 11 is 1.72. The SMILES string of the molecule is O=C(Nc1ccccc1-c1cn2c(n1)SCC2)c1c[nH]c(=O)[nH]1. The molecule has 8 heteroatoms. The second kappa shape index (κ2) is 5.47. The fraction of sp³-hybridized carbons (Fsp3) is 0.133. The van der Waals surface area contributed by atoms with E-state index in [1.54, 1.807) is 11.8 Å². The van der Waals surface area contributed by atoms with Crippen LogP contribution >= 0.6 is 11.8 Å². The minimum Gasteiger partial charge on any atom is -0.325 e. The molecule has 0 saturated heterocycles. The van der Waals surface area contributed by atoms with Crippen LogP contribution in [0.5, 0.6) is 0 Å². The Morgan fingerprint density at radius 1 is 1.35 bits per heavy atom. The number of carbonyl (C=O) groups is 1. The standard InChI is InChI=1S/C15H13N5O2S/c21-13(11-7-16-14(22)18-11)17-10-4-2-1-3-9(10)12-8-20-5-6-23-15(20)19-12/h1-4,7-8H,5-6H2,(H,17,21)(H2,16,18,22). The Morgan fingerprint density at radius 3 is 3.00 bits per heavy atom. The van der Waals surface area contributed by atoms with E-state index in [0.717, 1.165) is 28.7 Å². The monoisotopic (exact) mass is 327 g/mol. The van der Waals surface area contributed by atoms with E-state index < -0.39 is 5.69 Å². The number of aryl methyl sites for hydroxylation is 1. The highest BCUT2D eigenvalue weighted by atomic mass is 32.2. The summed E-state index contributed by atoms with van der Waals surface area (Å²) in [6, 6.07) is 7.48. The number of benzene rings is 1. The Bertz CT molecular complexity index is 918. The second-order valence-corrected chi connectivity index (χ2v) is 6.17. The topological polar surface area (TPSA) is 95.6 Å². The first-order valence-corrected chi connectivity index (χ1v) is 8.08. The highest BCUT2D eigenvalue weighted by molar-refractivity contribution is 7.99. The van der Waals surface area contributed by atoms with Gasteiger partial charge in [0, 0.05) is 30.3 Å². The minimum atomic E-state index is -0.411. The number of carbonyl (C=O) groups excluding carboxylic acids is 1. The number of hydrogen-bond acceptors (Lipinski definition) is 4. The highest BCUT2D eigenvalue weighted by Gasteiger charge is 2.18. The van der Waals surface area contributed by atoms with Crippen LogP contribution in [0.3, 0.4) is 0 Å². The summed E-state index contributed by atoms with van der Waals surface area (Å²) in [6.45, 7) is 0.951. The van der Waals surface area contributed by atoms with Crippen molar-refractivity contribution < 1.29 is 4.79 Å². The summed E-state index contributed by atoms with van der Waals surface area (Å²) in [4.78, 5) is 32.8. The van der Waals surface area contributed by atoms with Crippen molar-refractivity contribution in [3.8, 4) is 11.3 Å². The number of nitrogens with one attached hydrogen (secondary N) is 3. The van der Waals surface area contributed by atoms with Crippen LogP contribution in [0.1, 0.15) is 10.5 Å². The Balaban J connectivity index is 1.66. The molecule has 0 unspecified atom stereocenters. The predicted molar refractivity (Wildman–Crippen MR) is 87.8 cm³/mol. The number of nitrogens with zero attached hydrogens (tertiary/aromatic N) is 2. The van der Waals surface area contributed by atoms with Gasteiger partial charge in [-0.25, -0.2) is 9.78 Å². The van der Waals surface area contributed by atoms with Crippen LogP contribution in [0.2, 0.25) is 0 Å². The number of amides is 1. The van der Waals surface area contributed by atoms with E-state index in [2.05, 4.69) is 24.8 Å². The molecule has 23 heavy (non-hydrogen) atoms. The molecule has 7 nitrogen and oxygen atoms in total. The maximum atomic E-state index is 12.2. The Hall–Kier alpha value is -2.74. The molecule has 3 N–H and O–H groups in total. The number of aromatic amines is 2. The number of anilines is 1. The first-order valence-electron chi connectivity index (χ1n) is 7.09. The molecule has 1 aromatic carbocycles. The molecule has 1 aliphatic heterocycles. The van der Waals surface area contributed by atoms with Crippen molar-refractivity contribution in [1.82, 2.24) is 19.5 Å². The van der Waals surface area contributed by atoms with E-state index in [-0.39, 0.29) is 11.6 Å². The summed E-state index contributed by atoms with van der Waals surface area (Å²) in [5.41, 5.74) is 2.10. The number of hydrogen-bond donors (Lipinski definition) is 3. The van der Waals surface area contributed by atoms with E-state index in [9.17, 15) is 9.59 Å². The number of H-pyrrole nitrogens is 2. The van der Waals surface area contributed by atoms with Gasteiger partial charge in [0.15, 0.2) is 5.16 Å². The molecule has 116 valence electrons. The van der Waals surface area contributed by atoms with E-state index >= 15 is 0 Å². The molecule has 0 radical (unpaired) electrons. The van der Waals surface area contributed by atoms with Crippen LogP contribution in [-0.2, 0) is 6.54 Å². The van der Waals surface area contributed by atoms with Crippen molar-refractivity contribution in [2.24, 2.45) is 0 Å². The van der Waals surface area contributed by atoms with E-state index in [0.29, 0.717) is 5.69 Å². The van der Waals surface area contributed by atoms with Gasteiger partial charge in [0.05, 0.1) is 11.4 Å². The van der Waals surface area contributed by atoms with Crippen LogP contribution in [0.25, 0.3) is 11.3 Å². The average Bonchev–Trinajstić information content (AvgIpc) is 3.23. The zero-order chi connectivity index (χ0) is 15.8. The van der Waals surface area contributed by atoms with Gasteiger partial charge in [-0.15, -0.1) is 0 Å². The third-order valence-corrected chi connectivity index (χ3v) is 4.57. The summed E-state index contributed by atoms with van der Waals surface area (Å²) in [5, 5.41) is 3.81. The van der Waals surface area contributed by atoms with Gasteiger partial charge in [-0.3, -0.25) is 4.79 Å². The number of para-hydroxylation sites is 1. The van der Waals surface area contributed by atoms with Gasteiger partial charge >= 0.3 is 5.69 Å². The minimum absolute atomic E-state index is 0.188. The molecule has 2 aromatic heterocycles. The summed E-state index contributed by atoms with van der Waals surface area (Å²) in [6.07, 6.45) is 3.35. The molecule has 4 rings (SSSR count). The van der Waals surface area contributed by atoms with Gasteiger partial charge in [-0.05, 0) is 6.07 Å². The summed E-state index contributed by atoms with van der Waals surface area (Å²) in [7, 11) is 0. The fourth-order valence-corrected chi connectivity index (χ4v) is 3.44. The lowest BCUT2D eigenvalue weighted by atomic mass is 10.1. The van der Waals surface area contributed by atoms with Crippen LogP contribution in [0.4, 0.5) is 5.69 Å². The van der Waals surface area contributed by atoms with Crippen molar-refractivity contribution in [3.63, 3.8) is 0 Å². The third kappa shape index (κ3) is 2.57. The summed E-state index contributed by atoms with van der Waals surface area (Å²) < 4.78 is 2.11. The Morgan fingerprint density at radius 2 is 2.22 bits per heavy atom. The third-order valence-electron chi connectivity index (χ3n) is 3.59. The van der Waals surface area contributed by atoms with Crippen molar-refractivity contribution >= 4 is 23.4 Å². The first kappa shape index (κ1) is 13.9. The lowest BCUT2D eigenvalue weighted by molar-refractivity contribution is 0.102. The molecule has 0 bridgehead atoms. The molecule has 1 aliphatic rings. The van der Waals surface area contributed by atoms with Crippen molar-refractivity contribution in [3.05, 3.63) is 52.8 Å². The molecular weight excluding hydrogens is 314 g/mol. The number of thioether (sulfide) groups is 1. The molecule has 3 heterocycles. The Labute approximate surface area is 135 Å². The van der Waals surface area contributed by atoms with Gasteiger partial charge < -0.3 is 19.9 Å². The molecule has 3 aromatic rings. The molecule has 1 amide bonds. The molecule has 0 saturated carbocycles. The van der Waals surface area contributed by atoms with Gasteiger partial charge in [0.25, 0.3) is 5.91 Å². The van der Waals surface area contributed by atoms with E-state index in [4.69, 9.17) is 0 Å². The summed E-state index contributed by atoms with van der Waals surface area (Å²) in [5.74, 6) is 0.666. The maximum Gasteiger partial charge on any atom is 0.323 e. The number of fused-ring (bicyclic) bond motifs is 1. The van der Waals surface area contributed by atoms with Gasteiger partial charge in [-0.2, -0.15) is 0 Å². The van der Waals surface area contributed by atoms with Crippen LogP contribution in [0, 0.1) is 0 Å². The molecule has 0 atom stereocenters. The number of aromatic nitrogens is 4. The Kier molecular flexibility index (Phi) is 3.30. The van der Waals surface area contributed by atoms with Gasteiger partial charge in [0.1, 0.15) is 5.69 Å². The largest absolute Gasteiger partial charge is 0.325 e. The van der Waals surface area contributed by atoms with E-state index in [1.807, 2.05) is 30.5 Å². The zero-order valence-corrected chi connectivity index (χ0v) is 12.8. The first-order chi connectivity index (χ1) is 11.2. The van der Waals surface area contributed by atoms with Crippen LogP contribution in [-0.4, -0.2) is 31.2 Å². The lowest BCUT2D eigenvalue weighted by Crippen LogP contribution is -2.14. The van der Waals surface area contributed by atoms with Crippen LogP contribution < -0.4 is 11.0 Å². The van der Waals surface area contributed by atoms with Crippen molar-refractivity contribution in [2.75, 3.05) is 11.1 Å². The number of rotatable bonds is 3. The van der Waals surface area contributed by atoms with Crippen molar-refractivity contribution in [2.45, 2.75) is 11.7 Å². The van der Waals surface area contributed by atoms with Crippen molar-refractivity contribution in [1.29, 1.82) is 0 Å². The maximum absolute atomic E-state index is 12.2. The lowest BCUT2D eigenvalue weighted by Gasteiger charge is -2.08. The zero-order valence-electron chi connectivity index (χ0n) is 12.0. The molecule has 0 fully saturated rings. The molecule has 0 aliphatic carbocycles. The normalized spacial score (nSPS) is 13.0. The van der Waals surface area contributed by atoms with Gasteiger partial charge in [-0.1, -0.05) is 30.0 Å². The van der Waals surface area contributed by atoms with Crippen LogP contribution in [0.15, 0.2) is 46.6 Å².